The van der Waals surface area contributed by atoms with Crippen molar-refractivity contribution in [1.29, 1.82) is 0 Å². The molecule has 0 N–H and O–H groups in total. The highest BCUT2D eigenvalue weighted by molar-refractivity contribution is 5.76. The van der Waals surface area contributed by atoms with Gasteiger partial charge in [0.2, 0.25) is 0 Å². The number of imidazole rings is 1. The Morgan fingerprint density at radius 2 is 2.11 bits per heavy atom. The lowest BCUT2D eigenvalue weighted by molar-refractivity contribution is 0.112. The average Bonchev–Trinajstić information content (AvgIpc) is 2.83. The molecule has 0 fully saturated rings. The van der Waals surface area contributed by atoms with E-state index in [0.717, 1.165) is 24.8 Å². The van der Waals surface area contributed by atoms with Crippen LogP contribution in [0.3, 0.4) is 0 Å². The molecule has 0 amide bonds. The van der Waals surface area contributed by atoms with Crippen LogP contribution in [-0.4, -0.2) is 15.8 Å². The summed E-state index contributed by atoms with van der Waals surface area (Å²) in [7, 11) is 0. The first-order valence-corrected chi connectivity index (χ1v) is 6.41. The number of nitrogens with zero attached hydrogens (tertiary/aromatic N) is 2. The smallest absolute Gasteiger partial charge is 0.150 e. The van der Waals surface area contributed by atoms with E-state index in [-0.39, 0.29) is 0 Å². The molecule has 3 nitrogen and oxygen atoms in total. The number of carbonyl (C=O) groups is 1. The molecular formula is C15H16N2O. The third-order valence-electron chi connectivity index (χ3n) is 3.66. The molecule has 3 rings (SSSR count). The van der Waals surface area contributed by atoms with Gasteiger partial charge in [-0.2, -0.15) is 0 Å². The topological polar surface area (TPSA) is 34.9 Å². The standard InChI is InChI=1S/C15H16N2O/c1-11-6-7-12(9-18)8-15(11)17-10-16-13-4-2-3-5-14(13)17/h6-10H,2-5H2,1H3. The molecule has 0 aliphatic heterocycles. The minimum Gasteiger partial charge on any atom is -0.303 e. The fourth-order valence-corrected chi connectivity index (χ4v) is 2.64. The van der Waals surface area contributed by atoms with Crippen molar-refractivity contribution in [1.82, 2.24) is 9.55 Å². The molecule has 1 aromatic heterocycles. The first-order chi connectivity index (χ1) is 8.79. The Morgan fingerprint density at radius 1 is 1.28 bits per heavy atom. The fourth-order valence-electron chi connectivity index (χ4n) is 2.64. The van der Waals surface area contributed by atoms with Crippen LogP contribution in [0.1, 0.15) is 40.2 Å². The maximum Gasteiger partial charge on any atom is 0.150 e. The largest absolute Gasteiger partial charge is 0.303 e. The van der Waals surface area contributed by atoms with Crippen LogP contribution in [0, 0.1) is 6.92 Å². The normalized spacial score (nSPS) is 14.3. The van der Waals surface area contributed by atoms with Gasteiger partial charge in [-0.3, -0.25) is 4.79 Å². The molecule has 0 saturated heterocycles. The number of rotatable bonds is 2. The highest BCUT2D eigenvalue weighted by Crippen LogP contribution is 2.25. The molecule has 0 atom stereocenters. The van der Waals surface area contributed by atoms with Crippen molar-refractivity contribution in [3.8, 4) is 5.69 Å². The lowest BCUT2D eigenvalue weighted by Crippen LogP contribution is -2.08. The van der Waals surface area contributed by atoms with Crippen LogP contribution in [0.4, 0.5) is 0 Å². The van der Waals surface area contributed by atoms with E-state index >= 15 is 0 Å². The summed E-state index contributed by atoms with van der Waals surface area (Å²) < 4.78 is 2.15. The Kier molecular flexibility index (Phi) is 2.74. The zero-order valence-electron chi connectivity index (χ0n) is 10.5. The number of benzene rings is 1. The van der Waals surface area contributed by atoms with Crippen LogP contribution in [-0.2, 0) is 12.8 Å². The van der Waals surface area contributed by atoms with E-state index < -0.39 is 0 Å². The minimum atomic E-state index is 0.717. The molecule has 0 saturated carbocycles. The summed E-state index contributed by atoms with van der Waals surface area (Å²) >= 11 is 0. The second-order valence-corrected chi connectivity index (χ2v) is 4.88. The molecule has 18 heavy (non-hydrogen) atoms. The summed E-state index contributed by atoms with van der Waals surface area (Å²) in [6, 6.07) is 5.79. The van der Waals surface area contributed by atoms with Gasteiger partial charge in [0.25, 0.3) is 0 Å². The summed E-state index contributed by atoms with van der Waals surface area (Å²) in [6.45, 7) is 2.07. The maximum atomic E-state index is 10.9. The molecule has 1 aliphatic rings. The number of aldehydes is 1. The van der Waals surface area contributed by atoms with E-state index in [1.54, 1.807) is 0 Å². The second kappa shape index (κ2) is 4.41. The highest BCUT2D eigenvalue weighted by Gasteiger charge is 2.16. The lowest BCUT2D eigenvalue weighted by Gasteiger charge is -2.15. The number of carbonyl (C=O) groups excluding carboxylic acids is 1. The maximum absolute atomic E-state index is 10.9. The third-order valence-corrected chi connectivity index (χ3v) is 3.66. The van der Waals surface area contributed by atoms with Crippen LogP contribution in [0.15, 0.2) is 24.5 Å². The Balaban J connectivity index is 2.14. The van der Waals surface area contributed by atoms with Crippen molar-refractivity contribution in [3.63, 3.8) is 0 Å². The average molecular weight is 240 g/mol. The molecule has 0 spiro atoms. The Labute approximate surface area is 106 Å². The van der Waals surface area contributed by atoms with Gasteiger partial charge in [0, 0.05) is 11.3 Å². The number of aromatic nitrogens is 2. The molecule has 2 aromatic rings. The molecule has 0 bridgehead atoms. The Hall–Kier alpha value is -1.90. The van der Waals surface area contributed by atoms with Crippen molar-refractivity contribution in [2.75, 3.05) is 0 Å². The highest BCUT2D eigenvalue weighted by atomic mass is 16.1. The van der Waals surface area contributed by atoms with Crippen molar-refractivity contribution in [3.05, 3.63) is 47.0 Å². The predicted molar refractivity (Wildman–Crippen MR) is 70.3 cm³/mol. The predicted octanol–water partition coefficient (Wildman–Crippen LogP) is 2.87. The Morgan fingerprint density at radius 3 is 2.94 bits per heavy atom. The van der Waals surface area contributed by atoms with Crippen LogP contribution in [0.2, 0.25) is 0 Å². The van der Waals surface area contributed by atoms with Gasteiger partial charge in [-0.1, -0.05) is 12.1 Å². The molecule has 3 heteroatoms. The third kappa shape index (κ3) is 1.76. The lowest BCUT2D eigenvalue weighted by atomic mass is 10.0. The molecule has 0 unspecified atom stereocenters. The molecule has 92 valence electrons. The van der Waals surface area contributed by atoms with Crippen molar-refractivity contribution >= 4 is 6.29 Å². The number of aryl methyl sites for hydroxylation is 2. The molecular weight excluding hydrogens is 224 g/mol. The van der Waals surface area contributed by atoms with Gasteiger partial charge in [0.15, 0.2) is 0 Å². The summed E-state index contributed by atoms with van der Waals surface area (Å²) in [5.74, 6) is 0. The summed E-state index contributed by atoms with van der Waals surface area (Å²) in [5.41, 5.74) is 5.50. The van der Waals surface area contributed by atoms with Crippen LogP contribution < -0.4 is 0 Å². The Bertz CT molecular complexity index is 599. The van der Waals surface area contributed by atoms with E-state index in [4.69, 9.17) is 0 Å². The minimum absolute atomic E-state index is 0.717. The second-order valence-electron chi connectivity index (χ2n) is 4.88. The van der Waals surface area contributed by atoms with Crippen molar-refractivity contribution in [2.24, 2.45) is 0 Å². The van der Waals surface area contributed by atoms with Crippen LogP contribution in [0.5, 0.6) is 0 Å². The molecule has 1 heterocycles. The van der Waals surface area contributed by atoms with E-state index in [0.29, 0.717) is 5.56 Å². The van der Waals surface area contributed by atoms with Crippen LogP contribution in [0.25, 0.3) is 5.69 Å². The zero-order valence-corrected chi connectivity index (χ0v) is 10.5. The van der Waals surface area contributed by atoms with Gasteiger partial charge >= 0.3 is 0 Å². The fraction of sp³-hybridized carbons (Fsp3) is 0.333. The van der Waals surface area contributed by atoms with E-state index in [2.05, 4.69) is 16.5 Å². The van der Waals surface area contributed by atoms with Crippen LogP contribution >= 0.6 is 0 Å². The van der Waals surface area contributed by atoms with Gasteiger partial charge in [0.05, 0.1) is 17.7 Å². The van der Waals surface area contributed by atoms with E-state index in [1.165, 1.54) is 29.8 Å². The summed E-state index contributed by atoms with van der Waals surface area (Å²) in [4.78, 5) is 15.4. The number of hydrogen-bond acceptors (Lipinski definition) is 2. The summed E-state index contributed by atoms with van der Waals surface area (Å²) in [6.07, 6.45) is 7.41. The SMILES string of the molecule is Cc1ccc(C=O)cc1-n1cnc2c1CCCC2. The number of hydrogen-bond donors (Lipinski definition) is 0. The molecule has 1 aromatic carbocycles. The van der Waals surface area contributed by atoms with E-state index in [9.17, 15) is 4.79 Å². The van der Waals surface area contributed by atoms with Gasteiger partial charge in [-0.05, 0) is 44.2 Å². The molecule has 0 radical (unpaired) electrons. The van der Waals surface area contributed by atoms with Gasteiger partial charge in [0.1, 0.15) is 6.29 Å². The molecule has 1 aliphatic carbocycles. The van der Waals surface area contributed by atoms with Gasteiger partial charge < -0.3 is 4.57 Å². The van der Waals surface area contributed by atoms with E-state index in [1.807, 2.05) is 24.5 Å². The van der Waals surface area contributed by atoms with Crippen molar-refractivity contribution < 1.29 is 4.79 Å². The number of fused-ring (bicyclic) bond motifs is 1. The van der Waals surface area contributed by atoms with Crippen molar-refractivity contribution in [2.45, 2.75) is 32.6 Å². The van der Waals surface area contributed by atoms with Gasteiger partial charge in [-0.25, -0.2) is 4.98 Å². The quantitative estimate of drug-likeness (QED) is 0.756. The zero-order chi connectivity index (χ0) is 12.5. The van der Waals surface area contributed by atoms with Gasteiger partial charge in [-0.15, -0.1) is 0 Å². The first kappa shape index (κ1) is 11.2. The first-order valence-electron chi connectivity index (χ1n) is 6.41. The monoisotopic (exact) mass is 240 g/mol. The summed E-state index contributed by atoms with van der Waals surface area (Å²) in [5, 5.41) is 0.